The normalized spacial score (nSPS) is 26.3. The number of hydrogen-bond donors (Lipinski definition) is 6. The number of ether oxygens (including phenoxy) is 1. The zero-order chi connectivity index (χ0) is 20.1. The topological polar surface area (TPSA) is 189 Å². The highest BCUT2D eigenvalue weighted by Gasteiger charge is 2.44. The van der Waals surface area contributed by atoms with E-state index in [4.69, 9.17) is 16.2 Å². The number of carboxylic acid groups (broad SMARTS) is 1. The van der Waals surface area contributed by atoms with Crippen LogP contribution in [0.4, 0.5) is 0 Å². The maximum absolute atomic E-state index is 12.4. The van der Waals surface area contributed by atoms with E-state index in [0.717, 1.165) is 31.8 Å². The Balaban J connectivity index is 2.29. The van der Waals surface area contributed by atoms with E-state index in [1.165, 1.54) is 6.92 Å². The summed E-state index contributed by atoms with van der Waals surface area (Å²) in [5.74, 6) is -3.48. The number of amides is 2. The molecule has 0 bridgehead atoms. The van der Waals surface area contributed by atoms with E-state index in [1.807, 2.05) is 0 Å². The van der Waals surface area contributed by atoms with Gasteiger partial charge in [0.05, 0.1) is 12.1 Å². The highest BCUT2D eigenvalue weighted by Crippen LogP contribution is 2.24. The third kappa shape index (κ3) is 5.33. The molecule has 8 N–H and O–H groups in total. The maximum Gasteiger partial charge on any atom is 0.370 e. The minimum Gasteiger partial charge on any atom is -0.478 e. The fraction of sp³-hybridized carbons (Fsp3) is 0.625. The highest BCUT2D eigenvalue weighted by atomic mass is 16.5. The first-order valence-electron chi connectivity index (χ1n) is 8.65. The molecule has 2 rings (SSSR count). The zero-order valence-corrected chi connectivity index (χ0v) is 14.9. The lowest BCUT2D eigenvalue weighted by Crippen LogP contribution is -2.60. The van der Waals surface area contributed by atoms with Gasteiger partial charge in [-0.1, -0.05) is 12.8 Å². The first kappa shape index (κ1) is 20.5. The second kappa shape index (κ2) is 8.71. The molecule has 2 amide bonds. The van der Waals surface area contributed by atoms with Crippen LogP contribution in [0.3, 0.4) is 0 Å². The number of aliphatic hydroxyl groups is 1. The second-order valence-corrected chi connectivity index (χ2v) is 6.62. The number of carbonyl (C=O) groups is 3. The van der Waals surface area contributed by atoms with Crippen molar-refractivity contribution >= 4 is 23.7 Å². The number of aliphatic carboxylic acids is 1. The first-order chi connectivity index (χ1) is 12.7. The Morgan fingerprint density at radius 1 is 1.26 bits per heavy atom. The van der Waals surface area contributed by atoms with E-state index < -0.39 is 47.8 Å². The second-order valence-electron chi connectivity index (χ2n) is 6.62. The lowest BCUT2D eigenvalue weighted by molar-refractivity contribution is -0.148. The molecule has 0 unspecified atom stereocenters. The Kier molecular flexibility index (Phi) is 6.61. The minimum absolute atomic E-state index is 0.0575. The van der Waals surface area contributed by atoms with E-state index in [1.54, 1.807) is 0 Å². The predicted molar refractivity (Wildman–Crippen MR) is 94.2 cm³/mol. The molecule has 1 saturated carbocycles. The van der Waals surface area contributed by atoms with E-state index in [2.05, 4.69) is 15.6 Å². The quantitative estimate of drug-likeness (QED) is 0.222. The molecule has 0 aromatic rings. The van der Waals surface area contributed by atoms with Crippen molar-refractivity contribution in [3.63, 3.8) is 0 Å². The van der Waals surface area contributed by atoms with Crippen molar-refractivity contribution < 1.29 is 29.3 Å². The molecule has 0 aromatic carbocycles. The van der Waals surface area contributed by atoms with Crippen LogP contribution in [0, 0.1) is 0 Å². The van der Waals surface area contributed by atoms with Gasteiger partial charge in [-0.15, -0.1) is 0 Å². The maximum atomic E-state index is 12.4. The summed E-state index contributed by atoms with van der Waals surface area (Å²) in [6, 6.07) is -2.13. The lowest BCUT2D eigenvalue weighted by atomic mass is 9.94. The van der Waals surface area contributed by atoms with Gasteiger partial charge in [-0.05, 0) is 18.9 Å². The molecule has 2 aliphatic rings. The first-order valence-corrected chi connectivity index (χ1v) is 8.65. The lowest BCUT2D eigenvalue weighted by Gasteiger charge is -2.37. The summed E-state index contributed by atoms with van der Waals surface area (Å²) in [5.41, 5.74) is 10.8. The molecule has 11 heteroatoms. The van der Waals surface area contributed by atoms with Crippen molar-refractivity contribution in [1.29, 1.82) is 0 Å². The van der Waals surface area contributed by atoms with Crippen LogP contribution in [0.25, 0.3) is 0 Å². The van der Waals surface area contributed by atoms with Crippen LogP contribution in [0.1, 0.15) is 32.6 Å². The van der Waals surface area contributed by atoms with Gasteiger partial charge < -0.3 is 37.1 Å². The summed E-state index contributed by atoms with van der Waals surface area (Å²) >= 11 is 0. The summed E-state index contributed by atoms with van der Waals surface area (Å²) in [7, 11) is 0. The predicted octanol–water partition coefficient (Wildman–Crippen LogP) is -2.08. The fourth-order valence-corrected chi connectivity index (χ4v) is 3.29. The fourth-order valence-electron chi connectivity index (χ4n) is 3.29. The molecule has 0 spiro atoms. The van der Waals surface area contributed by atoms with Crippen LogP contribution in [-0.4, -0.2) is 64.3 Å². The molecular weight excluding hydrogens is 358 g/mol. The van der Waals surface area contributed by atoms with Gasteiger partial charge in [-0.2, -0.15) is 0 Å². The monoisotopic (exact) mass is 383 g/mol. The Morgan fingerprint density at radius 3 is 2.41 bits per heavy atom. The molecule has 1 heterocycles. The van der Waals surface area contributed by atoms with Crippen LogP contribution in [0.2, 0.25) is 0 Å². The molecule has 1 aliphatic carbocycles. The minimum atomic E-state index is -1.73. The Bertz CT molecular complexity index is 654. The molecule has 150 valence electrons. The number of hydrogen-bond acceptors (Lipinski definition) is 6. The molecule has 27 heavy (non-hydrogen) atoms. The average Bonchev–Trinajstić information content (AvgIpc) is 3.07. The van der Waals surface area contributed by atoms with E-state index in [0.29, 0.717) is 0 Å². The van der Waals surface area contributed by atoms with Crippen LogP contribution in [0.5, 0.6) is 0 Å². The number of rotatable bonds is 6. The van der Waals surface area contributed by atoms with Gasteiger partial charge in [0.15, 0.2) is 18.2 Å². The smallest absolute Gasteiger partial charge is 0.370 e. The van der Waals surface area contributed by atoms with Gasteiger partial charge in [-0.25, -0.2) is 9.79 Å². The molecule has 1 fully saturated rings. The summed E-state index contributed by atoms with van der Waals surface area (Å²) in [4.78, 5) is 39.3. The SMILES string of the molecule is CC(=O)N[C@H]1[C@H]([C@H](O)C(=O)NC2CCCC2)OC(C(=O)O)=C[C@@H]1N=C(N)N. The highest BCUT2D eigenvalue weighted by molar-refractivity contribution is 5.86. The van der Waals surface area contributed by atoms with Gasteiger partial charge in [0, 0.05) is 13.0 Å². The molecule has 0 radical (unpaired) electrons. The van der Waals surface area contributed by atoms with Crippen molar-refractivity contribution in [2.24, 2.45) is 16.5 Å². The van der Waals surface area contributed by atoms with Crippen LogP contribution in [-0.2, 0) is 19.1 Å². The Morgan fingerprint density at radius 2 is 1.89 bits per heavy atom. The zero-order valence-electron chi connectivity index (χ0n) is 14.9. The summed E-state index contributed by atoms with van der Waals surface area (Å²) < 4.78 is 5.31. The number of carboxylic acids is 1. The standard InChI is InChI=1S/C16H25N5O6/c1-7(22)19-11-9(21-16(17)18)6-10(15(25)26)27-13(11)12(23)14(24)20-8-4-2-3-5-8/h6,8-9,11-13,23H,2-5H2,1H3,(H,19,22)(H,20,24)(H,25,26)(H4,17,18,21)/t9-,11+,12-,13+/m0/s1. The van der Waals surface area contributed by atoms with Gasteiger partial charge in [0.1, 0.15) is 0 Å². The Labute approximate surface area is 155 Å². The van der Waals surface area contributed by atoms with Crippen molar-refractivity contribution in [2.45, 2.75) is 62.9 Å². The van der Waals surface area contributed by atoms with Gasteiger partial charge in [-0.3, -0.25) is 9.59 Å². The van der Waals surface area contributed by atoms with Gasteiger partial charge in [0.2, 0.25) is 11.7 Å². The number of aliphatic hydroxyl groups excluding tert-OH is 1. The summed E-state index contributed by atoms with van der Waals surface area (Å²) in [5, 5.41) is 25.0. The Hall–Kier alpha value is -2.82. The summed E-state index contributed by atoms with van der Waals surface area (Å²) in [6.45, 7) is 1.23. The van der Waals surface area contributed by atoms with Crippen LogP contribution < -0.4 is 22.1 Å². The van der Waals surface area contributed by atoms with Crippen molar-refractivity contribution in [3.8, 4) is 0 Å². The number of nitrogens with one attached hydrogen (secondary N) is 2. The number of aliphatic imine (C=N–C) groups is 1. The number of nitrogens with zero attached hydrogens (tertiary/aromatic N) is 1. The number of nitrogens with two attached hydrogens (primary N) is 2. The van der Waals surface area contributed by atoms with E-state index >= 15 is 0 Å². The largest absolute Gasteiger partial charge is 0.478 e. The molecule has 1 aliphatic heterocycles. The van der Waals surface area contributed by atoms with Crippen LogP contribution in [0.15, 0.2) is 16.8 Å². The van der Waals surface area contributed by atoms with Gasteiger partial charge >= 0.3 is 5.97 Å². The van der Waals surface area contributed by atoms with Crippen molar-refractivity contribution in [1.82, 2.24) is 10.6 Å². The van der Waals surface area contributed by atoms with Crippen LogP contribution >= 0.6 is 0 Å². The number of carbonyl (C=O) groups excluding carboxylic acids is 2. The third-order valence-electron chi connectivity index (χ3n) is 4.47. The molecule has 11 nitrogen and oxygen atoms in total. The van der Waals surface area contributed by atoms with E-state index in [9.17, 15) is 24.6 Å². The number of guanidine groups is 1. The van der Waals surface area contributed by atoms with Crippen molar-refractivity contribution in [3.05, 3.63) is 11.8 Å². The van der Waals surface area contributed by atoms with Crippen molar-refractivity contribution in [2.75, 3.05) is 0 Å². The molecular formula is C16H25N5O6. The average molecular weight is 383 g/mol. The van der Waals surface area contributed by atoms with Gasteiger partial charge in [0.25, 0.3) is 5.91 Å². The third-order valence-corrected chi connectivity index (χ3v) is 4.47. The molecule has 0 aromatic heterocycles. The molecule has 0 saturated heterocycles. The summed E-state index contributed by atoms with van der Waals surface area (Å²) in [6.07, 6.45) is 1.55. The van der Waals surface area contributed by atoms with E-state index in [-0.39, 0.29) is 12.0 Å². The molecule has 4 atom stereocenters.